The number of primary amides is 1. The molecule has 7 heteroatoms. The van der Waals surface area contributed by atoms with Gasteiger partial charge in [-0.3, -0.25) is 19.6 Å². The number of hydrogen-bond donors (Lipinski definition) is 2. The molecule has 3 N–H and O–H groups in total. The second kappa shape index (κ2) is 8.52. The van der Waals surface area contributed by atoms with E-state index in [9.17, 15) is 19.6 Å². The maximum atomic E-state index is 13.3. The molecule has 1 aliphatic heterocycles. The zero-order chi connectivity index (χ0) is 20.2. The molecule has 3 amide bonds. The predicted molar refractivity (Wildman–Crippen MR) is 101 cm³/mol. The van der Waals surface area contributed by atoms with E-state index in [1.807, 2.05) is 44.2 Å². The normalized spacial score (nSPS) is 20.8. The summed E-state index contributed by atoms with van der Waals surface area (Å²) in [6.45, 7) is 4.34. The number of hydrogen-bond acceptors (Lipinski definition) is 4. The Morgan fingerprint density at radius 3 is 2.44 bits per heavy atom. The molecule has 0 saturated carbocycles. The van der Waals surface area contributed by atoms with E-state index in [2.05, 4.69) is 0 Å². The van der Waals surface area contributed by atoms with E-state index in [0.29, 0.717) is 30.9 Å². The zero-order valence-electron chi connectivity index (χ0n) is 16.2. The lowest BCUT2D eigenvalue weighted by atomic mass is 9.75. The first-order valence-corrected chi connectivity index (χ1v) is 9.26. The number of amides is 3. The smallest absolute Gasteiger partial charge is 0.268 e. The third-order valence-electron chi connectivity index (χ3n) is 5.11. The van der Waals surface area contributed by atoms with Crippen LogP contribution in [0.1, 0.15) is 38.7 Å². The fraction of sp³-hybridized carbons (Fsp3) is 0.550. The van der Waals surface area contributed by atoms with Gasteiger partial charge >= 0.3 is 0 Å². The van der Waals surface area contributed by atoms with E-state index in [0.717, 1.165) is 5.56 Å². The molecule has 0 bridgehead atoms. The lowest BCUT2D eigenvalue weighted by molar-refractivity contribution is -0.168. The number of likely N-dealkylation sites (tertiary alicyclic amines) is 1. The van der Waals surface area contributed by atoms with Crippen LogP contribution in [-0.2, 0) is 20.8 Å². The highest BCUT2D eigenvalue weighted by molar-refractivity contribution is 5.94. The van der Waals surface area contributed by atoms with E-state index in [4.69, 9.17) is 5.73 Å². The van der Waals surface area contributed by atoms with Gasteiger partial charge in [0.25, 0.3) is 5.91 Å². The lowest BCUT2D eigenvalue weighted by Gasteiger charge is -2.32. The van der Waals surface area contributed by atoms with Crippen molar-refractivity contribution in [3.05, 3.63) is 35.9 Å². The molecule has 0 aromatic heterocycles. The molecule has 0 aliphatic carbocycles. The molecule has 1 aromatic rings. The van der Waals surface area contributed by atoms with Crippen LogP contribution in [0.5, 0.6) is 0 Å². The van der Waals surface area contributed by atoms with Crippen LogP contribution in [0.3, 0.4) is 0 Å². The number of hydroxylamine groups is 2. The summed E-state index contributed by atoms with van der Waals surface area (Å²) in [6, 6.07) is 8.53. The summed E-state index contributed by atoms with van der Waals surface area (Å²) in [5.74, 6) is -1.09. The number of rotatable bonds is 8. The van der Waals surface area contributed by atoms with Crippen molar-refractivity contribution in [1.82, 2.24) is 9.96 Å². The van der Waals surface area contributed by atoms with Crippen molar-refractivity contribution in [2.75, 3.05) is 13.6 Å². The highest BCUT2D eigenvalue weighted by Gasteiger charge is 2.50. The third kappa shape index (κ3) is 4.86. The summed E-state index contributed by atoms with van der Waals surface area (Å²) < 4.78 is 0. The molecule has 27 heavy (non-hydrogen) atoms. The van der Waals surface area contributed by atoms with E-state index in [1.165, 1.54) is 11.9 Å². The molecule has 1 heterocycles. The number of benzene rings is 1. The van der Waals surface area contributed by atoms with Crippen molar-refractivity contribution in [2.24, 2.45) is 17.1 Å². The van der Waals surface area contributed by atoms with Crippen molar-refractivity contribution in [2.45, 2.75) is 45.6 Å². The molecule has 0 spiro atoms. The molecule has 1 aliphatic rings. The quantitative estimate of drug-likeness (QED) is 0.532. The minimum absolute atomic E-state index is 0.0261. The Hall–Kier alpha value is -2.41. The van der Waals surface area contributed by atoms with Gasteiger partial charge in [0.2, 0.25) is 11.8 Å². The first-order valence-electron chi connectivity index (χ1n) is 9.26. The van der Waals surface area contributed by atoms with E-state index in [-0.39, 0.29) is 18.2 Å². The Kier molecular flexibility index (Phi) is 6.59. The van der Waals surface area contributed by atoms with E-state index < -0.39 is 23.3 Å². The maximum Gasteiger partial charge on any atom is 0.268 e. The van der Waals surface area contributed by atoms with Crippen LogP contribution in [-0.4, -0.2) is 52.5 Å². The van der Waals surface area contributed by atoms with Crippen LogP contribution in [0.2, 0.25) is 0 Å². The SMILES string of the molecule is CC(C)CC1(CC(N)=O)CCN(C(Cc2ccccc2)C(=O)N(C)O)C1=O. The highest BCUT2D eigenvalue weighted by Crippen LogP contribution is 2.42. The number of carbonyl (C=O) groups is 3. The summed E-state index contributed by atoms with van der Waals surface area (Å²) in [5, 5.41) is 10.2. The van der Waals surface area contributed by atoms with Crippen LogP contribution in [0, 0.1) is 11.3 Å². The molecule has 7 nitrogen and oxygen atoms in total. The second-order valence-electron chi connectivity index (χ2n) is 7.84. The van der Waals surface area contributed by atoms with E-state index in [1.54, 1.807) is 0 Å². The van der Waals surface area contributed by atoms with Gasteiger partial charge in [-0.2, -0.15) is 0 Å². The minimum Gasteiger partial charge on any atom is -0.370 e. The Morgan fingerprint density at radius 2 is 1.93 bits per heavy atom. The molecule has 2 atom stereocenters. The van der Waals surface area contributed by atoms with Crippen molar-refractivity contribution in [3.63, 3.8) is 0 Å². The van der Waals surface area contributed by atoms with Crippen LogP contribution in [0.15, 0.2) is 30.3 Å². The number of likely N-dealkylation sites (N-methyl/N-ethyl adjacent to an activating group) is 1. The molecule has 1 fully saturated rings. The van der Waals surface area contributed by atoms with Gasteiger partial charge in [-0.1, -0.05) is 44.2 Å². The number of nitrogens with two attached hydrogens (primary N) is 1. The maximum absolute atomic E-state index is 13.3. The summed E-state index contributed by atoms with van der Waals surface area (Å²) in [5.41, 5.74) is 5.44. The second-order valence-corrected chi connectivity index (χ2v) is 7.84. The largest absolute Gasteiger partial charge is 0.370 e. The Bertz CT molecular complexity index is 690. The molecule has 0 radical (unpaired) electrons. The first kappa shape index (κ1) is 20.9. The lowest BCUT2D eigenvalue weighted by Crippen LogP contribution is -2.50. The Balaban J connectivity index is 2.33. The number of nitrogens with zero attached hydrogens (tertiary/aromatic N) is 2. The Morgan fingerprint density at radius 1 is 1.30 bits per heavy atom. The zero-order valence-corrected chi connectivity index (χ0v) is 16.2. The standard InChI is InChI=1S/C20H29N3O4/c1-14(2)12-20(13-17(21)24)9-10-23(19(20)26)16(18(25)22(3)27)11-15-7-5-4-6-8-15/h4-8,14,16,27H,9-13H2,1-3H3,(H2,21,24). The predicted octanol–water partition coefficient (Wildman–Crippen LogP) is 1.59. The van der Waals surface area contributed by atoms with Gasteiger partial charge in [0.1, 0.15) is 6.04 Å². The first-order chi connectivity index (χ1) is 12.7. The average Bonchev–Trinajstić information content (AvgIpc) is 2.88. The Labute approximate surface area is 160 Å². The van der Waals surface area contributed by atoms with E-state index >= 15 is 0 Å². The topological polar surface area (TPSA) is 104 Å². The van der Waals surface area contributed by atoms with Crippen molar-refractivity contribution >= 4 is 17.7 Å². The molecule has 148 valence electrons. The van der Waals surface area contributed by atoms with Crippen LogP contribution >= 0.6 is 0 Å². The van der Waals surface area contributed by atoms with Crippen molar-refractivity contribution in [3.8, 4) is 0 Å². The third-order valence-corrected chi connectivity index (χ3v) is 5.11. The van der Waals surface area contributed by atoms with Gasteiger partial charge < -0.3 is 10.6 Å². The molecule has 1 saturated heterocycles. The molecule has 2 rings (SSSR count). The number of carbonyl (C=O) groups excluding carboxylic acids is 3. The van der Waals surface area contributed by atoms with Gasteiger partial charge in [0.15, 0.2) is 0 Å². The van der Waals surface area contributed by atoms with Gasteiger partial charge in [-0.25, -0.2) is 5.06 Å². The van der Waals surface area contributed by atoms with Gasteiger partial charge in [-0.05, 0) is 24.3 Å². The summed E-state index contributed by atoms with van der Waals surface area (Å²) in [6.07, 6.45) is 1.28. The highest BCUT2D eigenvalue weighted by atomic mass is 16.5. The monoisotopic (exact) mass is 375 g/mol. The summed E-state index contributed by atoms with van der Waals surface area (Å²) >= 11 is 0. The molecular weight excluding hydrogens is 346 g/mol. The molecule has 2 unspecified atom stereocenters. The minimum atomic E-state index is -0.872. The fourth-order valence-corrected chi connectivity index (χ4v) is 4.07. The molecular formula is C20H29N3O4. The fourth-order valence-electron chi connectivity index (χ4n) is 4.07. The van der Waals surface area contributed by atoms with Gasteiger partial charge in [-0.15, -0.1) is 0 Å². The van der Waals surface area contributed by atoms with Gasteiger partial charge in [0.05, 0.1) is 5.41 Å². The summed E-state index contributed by atoms with van der Waals surface area (Å²) in [7, 11) is 1.26. The van der Waals surface area contributed by atoms with Crippen LogP contribution in [0.25, 0.3) is 0 Å². The van der Waals surface area contributed by atoms with Crippen LogP contribution in [0.4, 0.5) is 0 Å². The van der Waals surface area contributed by atoms with Crippen molar-refractivity contribution in [1.29, 1.82) is 0 Å². The molecule has 1 aromatic carbocycles. The van der Waals surface area contributed by atoms with Gasteiger partial charge in [0, 0.05) is 26.4 Å². The van der Waals surface area contributed by atoms with Crippen molar-refractivity contribution < 1.29 is 19.6 Å². The van der Waals surface area contributed by atoms with Crippen LogP contribution < -0.4 is 5.73 Å². The summed E-state index contributed by atoms with van der Waals surface area (Å²) in [4.78, 5) is 39.1. The average molecular weight is 375 g/mol.